The summed E-state index contributed by atoms with van der Waals surface area (Å²) in [4.78, 5) is 11.1. The van der Waals surface area contributed by atoms with Crippen LogP contribution < -0.4 is 5.32 Å². The van der Waals surface area contributed by atoms with Crippen molar-refractivity contribution in [2.24, 2.45) is 0 Å². The molecule has 0 bridgehead atoms. The lowest BCUT2D eigenvalue weighted by Gasteiger charge is -2.13. The van der Waals surface area contributed by atoms with Gasteiger partial charge in [-0.15, -0.1) is 10.2 Å². The summed E-state index contributed by atoms with van der Waals surface area (Å²) in [5.74, 6) is 0.230. The first-order valence-electron chi connectivity index (χ1n) is 4.85. The molecule has 1 amide bonds. The zero-order valence-electron chi connectivity index (χ0n) is 8.75. The van der Waals surface area contributed by atoms with Crippen molar-refractivity contribution in [1.29, 1.82) is 0 Å². The molecule has 1 heterocycles. The Bertz CT molecular complexity index is 453. The van der Waals surface area contributed by atoms with Crippen LogP contribution >= 0.6 is 0 Å². The Morgan fingerprint density at radius 2 is 2.12 bits per heavy atom. The maximum Gasteiger partial charge on any atom is 0.242 e. The van der Waals surface area contributed by atoms with Crippen LogP contribution in [0.1, 0.15) is 24.4 Å². The molecule has 5 heteroatoms. The fourth-order valence-corrected chi connectivity index (χ4v) is 1.44. The highest BCUT2D eigenvalue weighted by Gasteiger charge is 2.19. The Morgan fingerprint density at radius 1 is 1.38 bits per heavy atom. The number of amides is 1. The van der Waals surface area contributed by atoms with E-state index in [1.807, 2.05) is 30.3 Å². The minimum absolute atomic E-state index is 0.146. The van der Waals surface area contributed by atoms with Crippen LogP contribution in [-0.4, -0.2) is 16.1 Å². The average molecular weight is 217 g/mol. The van der Waals surface area contributed by atoms with Crippen molar-refractivity contribution in [3.8, 4) is 0 Å². The molecular formula is C11H11N3O2. The van der Waals surface area contributed by atoms with Gasteiger partial charge in [-0.2, -0.15) is 0 Å². The van der Waals surface area contributed by atoms with Crippen LogP contribution in [0.15, 0.2) is 41.1 Å². The molecule has 0 saturated heterocycles. The van der Waals surface area contributed by atoms with Gasteiger partial charge in [0.2, 0.25) is 18.2 Å². The zero-order chi connectivity index (χ0) is 11.4. The van der Waals surface area contributed by atoms with Crippen molar-refractivity contribution in [3.63, 3.8) is 0 Å². The van der Waals surface area contributed by atoms with Crippen LogP contribution in [0.4, 0.5) is 0 Å². The molecule has 0 aliphatic heterocycles. The highest BCUT2D eigenvalue weighted by molar-refractivity contribution is 5.73. The largest absolute Gasteiger partial charge is 0.425 e. The molecule has 0 saturated carbocycles. The van der Waals surface area contributed by atoms with E-state index in [2.05, 4.69) is 15.5 Å². The van der Waals surface area contributed by atoms with Crippen molar-refractivity contribution >= 4 is 5.91 Å². The van der Waals surface area contributed by atoms with Gasteiger partial charge in [-0.3, -0.25) is 4.79 Å². The summed E-state index contributed by atoms with van der Waals surface area (Å²) in [5, 5.41) is 10.2. The van der Waals surface area contributed by atoms with E-state index in [0.29, 0.717) is 5.89 Å². The minimum Gasteiger partial charge on any atom is -0.425 e. The Hall–Kier alpha value is -2.17. The number of hydrogen-bond donors (Lipinski definition) is 1. The number of benzene rings is 1. The minimum atomic E-state index is -0.388. The second-order valence-corrected chi connectivity index (χ2v) is 3.32. The summed E-state index contributed by atoms with van der Waals surface area (Å²) in [6, 6.07) is 9.08. The van der Waals surface area contributed by atoms with Crippen LogP contribution in [-0.2, 0) is 4.79 Å². The van der Waals surface area contributed by atoms with Gasteiger partial charge in [-0.25, -0.2) is 0 Å². The molecule has 0 aliphatic rings. The van der Waals surface area contributed by atoms with E-state index in [4.69, 9.17) is 4.42 Å². The number of aromatic nitrogens is 2. The van der Waals surface area contributed by atoms with Gasteiger partial charge in [0.1, 0.15) is 6.04 Å². The Kier molecular flexibility index (Phi) is 2.95. The van der Waals surface area contributed by atoms with Gasteiger partial charge in [-0.1, -0.05) is 30.3 Å². The van der Waals surface area contributed by atoms with Crippen molar-refractivity contribution in [2.45, 2.75) is 13.0 Å². The van der Waals surface area contributed by atoms with E-state index in [1.54, 1.807) is 0 Å². The van der Waals surface area contributed by atoms with Crippen LogP contribution in [0, 0.1) is 0 Å². The molecule has 1 aromatic carbocycles. The molecule has 2 rings (SSSR count). The Morgan fingerprint density at radius 3 is 2.69 bits per heavy atom. The summed E-state index contributed by atoms with van der Waals surface area (Å²) in [6.07, 6.45) is 1.24. The molecule has 16 heavy (non-hydrogen) atoms. The normalized spacial score (nSPS) is 12.1. The highest BCUT2D eigenvalue weighted by atomic mass is 16.4. The van der Waals surface area contributed by atoms with Crippen molar-refractivity contribution in [3.05, 3.63) is 48.2 Å². The third kappa shape index (κ3) is 2.25. The maximum atomic E-state index is 11.1. The number of nitrogens with zero attached hydrogens (tertiary/aromatic N) is 2. The van der Waals surface area contributed by atoms with Gasteiger partial charge in [0.25, 0.3) is 0 Å². The van der Waals surface area contributed by atoms with Crippen molar-refractivity contribution in [2.75, 3.05) is 0 Å². The SMILES string of the molecule is CC(=O)N[C@@H](c1ccccc1)c1nnco1. The monoisotopic (exact) mass is 217 g/mol. The first-order valence-corrected chi connectivity index (χ1v) is 4.85. The summed E-state index contributed by atoms with van der Waals surface area (Å²) in [5.41, 5.74) is 0.905. The fourth-order valence-electron chi connectivity index (χ4n) is 1.44. The summed E-state index contributed by atoms with van der Waals surface area (Å²) >= 11 is 0. The molecule has 0 aliphatic carbocycles. The number of hydrogen-bond acceptors (Lipinski definition) is 4. The number of rotatable bonds is 3. The van der Waals surface area contributed by atoms with Gasteiger partial charge in [0.15, 0.2) is 0 Å². The Balaban J connectivity index is 2.32. The van der Waals surface area contributed by atoms with Gasteiger partial charge < -0.3 is 9.73 Å². The van der Waals surface area contributed by atoms with E-state index >= 15 is 0 Å². The molecule has 82 valence electrons. The predicted octanol–water partition coefficient (Wildman–Crippen LogP) is 1.30. The third-order valence-electron chi connectivity index (χ3n) is 2.10. The molecule has 0 unspecified atom stereocenters. The van der Waals surface area contributed by atoms with Gasteiger partial charge in [0, 0.05) is 6.92 Å². The second-order valence-electron chi connectivity index (χ2n) is 3.32. The summed E-state index contributed by atoms with van der Waals surface area (Å²) in [6.45, 7) is 1.45. The van der Waals surface area contributed by atoms with E-state index < -0.39 is 0 Å². The molecule has 1 aromatic heterocycles. The molecule has 2 aromatic rings. The predicted molar refractivity (Wildman–Crippen MR) is 56.4 cm³/mol. The zero-order valence-corrected chi connectivity index (χ0v) is 8.75. The van der Waals surface area contributed by atoms with E-state index in [1.165, 1.54) is 13.3 Å². The van der Waals surface area contributed by atoms with Crippen LogP contribution in [0.25, 0.3) is 0 Å². The fraction of sp³-hybridized carbons (Fsp3) is 0.182. The van der Waals surface area contributed by atoms with E-state index in [-0.39, 0.29) is 11.9 Å². The first-order chi connectivity index (χ1) is 7.77. The topological polar surface area (TPSA) is 68.0 Å². The second kappa shape index (κ2) is 4.57. The molecule has 5 nitrogen and oxygen atoms in total. The molecule has 0 spiro atoms. The number of carbonyl (C=O) groups is 1. The standard InChI is InChI=1S/C11H11N3O2/c1-8(15)13-10(11-14-12-7-16-11)9-5-3-2-4-6-9/h2-7,10H,1H3,(H,13,15)/t10-/m0/s1. The van der Waals surface area contributed by atoms with E-state index in [9.17, 15) is 4.79 Å². The van der Waals surface area contributed by atoms with Crippen LogP contribution in [0.3, 0.4) is 0 Å². The van der Waals surface area contributed by atoms with E-state index in [0.717, 1.165) is 5.56 Å². The Labute approximate surface area is 92.5 Å². The lowest BCUT2D eigenvalue weighted by molar-refractivity contribution is -0.119. The van der Waals surface area contributed by atoms with Gasteiger partial charge in [-0.05, 0) is 5.56 Å². The quantitative estimate of drug-likeness (QED) is 0.841. The average Bonchev–Trinajstić information content (AvgIpc) is 2.80. The third-order valence-corrected chi connectivity index (χ3v) is 2.10. The molecule has 0 radical (unpaired) electrons. The highest BCUT2D eigenvalue weighted by Crippen LogP contribution is 2.19. The summed E-state index contributed by atoms with van der Waals surface area (Å²) < 4.78 is 5.11. The lowest BCUT2D eigenvalue weighted by Crippen LogP contribution is -2.27. The number of carbonyl (C=O) groups excluding carboxylic acids is 1. The van der Waals surface area contributed by atoms with Crippen LogP contribution in [0.2, 0.25) is 0 Å². The molecule has 1 atom stereocenters. The van der Waals surface area contributed by atoms with Gasteiger partial charge >= 0.3 is 0 Å². The van der Waals surface area contributed by atoms with Crippen molar-refractivity contribution in [1.82, 2.24) is 15.5 Å². The lowest BCUT2D eigenvalue weighted by atomic mass is 10.1. The maximum absolute atomic E-state index is 11.1. The van der Waals surface area contributed by atoms with Gasteiger partial charge in [0.05, 0.1) is 0 Å². The molecule has 0 fully saturated rings. The van der Waals surface area contributed by atoms with Crippen molar-refractivity contribution < 1.29 is 9.21 Å². The van der Waals surface area contributed by atoms with Crippen LogP contribution in [0.5, 0.6) is 0 Å². The summed E-state index contributed by atoms with van der Waals surface area (Å²) in [7, 11) is 0. The molecular weight excluding hydrogens is 206 g/mol. The first kappa shape index (κ1) is 10.4. The smallest absolute Gasteiger partial charge is 0.242 e. The molecule has 1 N–H and O–H groups in total. The number of nitrogens with one attached hydrogen (secondary N) is 1.